The summed E-state index contributed by atoms with van der Waals surface area (Å²) in [6, 6.07) is -1.53. The minimum atomic E-state index is -4.72. The van der Waals surface area contributed by atoms with Crippen molar-refractivity contribution in [2.75, 3.05) is 19.8 Å². The lowest BCUT2D eigenvalue weighted by molar-refractivity contribution is -0.161. The smallest absolute Gasteiger partial charge is 0.472 e. The summed E-state index contributed by atoms with van der Waals surface area (Å²) in [5.74, 6) is -2.46. The highest BCUT2D eigenvalue weighted by Crippen LogP contribution is 2.43. The first-order chi connectivity index (χ1) is 25.1. The molecule has 3 atom stereocenters. The molecule has 0 bridgehead atoms. The van der Waals surface area contributed by atoms with Crippen molar-refractivity contribution < 1.29 is 47.5 Å². The molecule has 12 heteroatoms. The summed E-state index contributed by atoms with van der Waals surface area (Å²) in [4.78, 5) is 45.7. The minimum Gasteiger partial charge on any atom is -0.480 e. The molecule has 52 heavy (non-hydrogen) atoms. The Morgan fingerprint density at radius 1 is 0.615 bits per heavy atom. The van der Waals surface area contributed by atoms with Gasteiger partial charge in [0.2, 0.25) is 0 Å². The number of ether oxygens (including phenoxy) is 2. The van der Waals surface area contributed by atoms with Crippen LogP contribution in [0.25, 0.3) is 0 Å². The predicted molar refractivity (Wildman–Crippen MR) is 208 cm³/mol. The van der Waals surface area contributed by atoms with Crippen LogP contribution in [0.5, 0.6) is 0 Å². The minimum absolute atomic E-state index is 0.142. The third kappa shape index (κ3) is 34.3. The lowest BCUT2D eigenvalue weighted by Gasteiger charge is -2.20. The molecule has 4 N–H and O–H groups in total. The fourth-order valence-corrected chi connectivity index (χ4v) is 5.52. The van der Waals surface area contributed by atoms with E-state index in [4.69, 9.17) is 24.8 Å². The molecule has 0 saturated carbocycles. The van der Waals surface area contributed by atoms with Crippen LogP contribution >= 0.6 is 7.82 Å². The van der Waals surface area contributed by atoms with Gasteiger partial charge in [0.05, 0.1) is 13.2 Å². The Hall–Kier alpha value is -2.82. The molecule has 0 rings (SSSR count). The van der Waals surface area contributed by atoms with E-state index in [1.54, 1.807) is 0 Å². The number of hydrogen-bond acceptors (Lipinski definition) is 9. The molecule has 298 valence electrons. The standard InChI is InChI=1S/C40H68NO10P/c1-3-5-7-9-11-13-15-16-17-18-19-20-22-23-25-27-29-31-38(42)48-33-36(34-49-52(46,47)50-35-37(41)40(44)45)51-39(43)32-30-28-26-24-21-14-12-10-8-6-4-2/h5,7,11,13,16-17,19-20,23,25,36-37H,3-4,6,8-10,12,14-15,18,21-22,24,26-35,41H2,1-2H3,(H,44,45)(H,46,47)/b7-5-,13-11-,17-16-,20-19-,25-23-/t36-,37+/m1/s1. The average molecular weight is 754 g/mol. The highest BCUT2D eigenvalue weighted by Gasteiger charge is 2.28. The van der Waals surface area contributed by atoms with E-state index in [0.29, 0.717) is 19.3 Å². The number of nitrogens with two attached hydrogens (primary N) is 1. The number of carbonyl (C=O) groups excluding carboxylic acids is 2. The first-order valence-electron chi connectivity index (χ1n) is 19.3. The quantitative estimate of drug-likeness (QED) is 0.0244. The van der Waals surface area contributed by atoms with Crippen molar-refractivity contribution in [3.8, 4) is 0 Å². The van der Waals surface area contributed by atoms with E-state index in [9.17, 15) is 23.8 Å². The number of esters is 2. The summed E-state index contributed by atoms with van der Waals surface area (Å²) < 4.78 is 32.5. The van der Waals surface area contributed by atoms with Gasteiger partial charge in [-0.2, -0.15) is 0 Å². The zero-order chi connectivity index (χ0) is 38.5. The summed E-state index contributed by atoms with van der Waals surface area (Å²) in [7, 11) is -4.72. The molecule has 0 spiro atoms. The summed E-state index contributed by atoms with van der Waals surface area (Å²) in [5.41, 5.74) is 5.31. The largest absolute Gasteiger partial charge is 0.480 e. The molecule has 0 aliphatic heterocycles. The lowest BCUT2D eigenvalue weighted by atomic mass is 10.1. The Balaban J connectivity index is 4.52. The van der Waals surface area contributed by atoms with Crippen LogP contribution in [0.1, 0.15) is 142 Å². The molecule has 0 fully saturated rings. The van der Waals surface area contributed by atoms with Crippen molar-refractivity contribution in [2.45, 2.75) is 154 Å². The van der Waals surface area contributed by atoms with E-state index in [2.05, 4.69) is 67.0 Å². The molecule has 0 aliphatic carbocycles. The molecular weight excluding hydrogens is 685 g/mol. The monoisotopic (exact) mass is 753 g/mol. The Morgan fingerprint density at radius 2 is 1.08 bits per heavy atom. The summed E-state index contributed by atoms with van der Waals surface area (Å²) in [6.45, 7) is 2.59. The third-order valence-corrected chi connectivity index (χ3v) is 8.73. The zero-order valence-electron chi connectivity index (χ0n) is 31.9. The van der Waals surface area contributed by atoms with Crippen molar-refractivity contribution >= 4 is 25.7 Å². The van der Waals surface area contributed by atoms with Gasteiger partial charge in [-0.1, -0.05) is 139 Å². The van der Waals surface area contributed by atoms with Gasteiger partial charge in [0.25, 0.3) is 0 Å². The van der Waals surface area contributed by atoms with E-state index >= 15 is 0 Å². The molecule has 1 unspecified atom stereocenters. The van der Waals surface area contributed by atoms with Gasteiger partial charge in [-0.05, 0) is 51.4 Å². The zero-order valence-corrected chi connectivity index (χ0v) is 32.8. The number of carboxylic acids is 1. The third-order valence-electron chi connectivity index (χ3n) is 7.78. The molecule has 0 amide bonds. The van der Waals surface area contributed by atoms with Crippen LogP contribution < -0.4 is 5.73 Å². The Kier molecular flexibility index (Phi) is 33.3. The normalized spacial score (nSPS) is 14.5. The number of carboxylic acid groups (broad SMARTS) is 1. The SMILES string of the molecule is CC/C=C\C/C=C\C/C=C\C/C=C\C/C=C\CCCC(=O)OC[C@H](COP(=O)(O)OC[C@H](N)C(=O)O)OC(=O)CCCCCCCCCCCCC. The highest BCUT2D eigenvalue weighted by atomic mass is 31.2. The summed E-state index contributed by atoms with van der Waals surface area (Å²) in [6.07, 6.45) is 38.7. The maximum absolute atomic E-state index is 12.5. The van der Waals surface area contributed by atoms with E-state index in [-0.39, 0.29) is 19.4 Å². The summed E-state index contributed by atoms with van der Waals surface area (Å²) >= 11 is 0. The van der Waals surface area contributed by atoms with E-state index in [1.165, 1.54) is 44.9 Å². The Morgan fingerprint density at radius 3 is 1.60 bits per heavy atom. The molecular formula is C40H68NO10P. The van der Waals surface area contributed by atoms with Gasteiger partial charge in [-0.3, -0.25) is 23.4 Å². The Bertz CT molecular complexity index is 1120. The van der Waals surface area contributed by atoms with Gasteiger partial charge in [0.15, 0.2) is 6.10 Å². The second-order valence-electron chi connectivity index (χ2n) is 12.7. The number of unbranched alkanes of at least 4 members (excludes halogenated alkanes) is 11. The molecule has 0 heterocycles. The number of phosphoric ester groups is 1. The van der Waals surface area contributed by atoms with Crippen LogP contribution in [0.2, 0.25) is 0 Å². The molecule has 0 aromatic carbocycles. The fourth-order valence-electron chi connectivity index (χ4n) is 4.75. The van der Waals surface area contributed by atoms with Crippen molar-refractivity contribution in [3.05, 3.63) is 60.8 Å². The van der Waals surface area contributed by atoms with Crippen LogP contribution in [-0.2, 0) is 37.5 Å². The van der Waals surface area contributed by atoms with Crippen molar-refractivity contribution in [3.63, 3.8) is 0 Å². The van der Waals surface area contributed by atoms with Crippen molar-refractivity contribution in [2.24, 2.45) is 5.73 Å². The van der Waals surface area contributed by atoms with Gasteiger partial charge >= 0.3 is 25.7 Å². The van der Waals surface area contributed by atoms with E-state index in [1.807, 2.05) is 12.2 Å². The number of hydrogen-bond donors (Lipinski definition) is 3. The lowest BCUT2D eigenvalue weighted by Crippen LogP contribution is -2.34. The van der Waals surface area contributed by atoms with Gasteiger partial charge in [-0.15, -0.1) is 0 Å². The first-order valence-corrected chi connectivity index (χ1v) is 20.8. The van der Waals surface area contributed by atoms with Crippen LogP contribution in [0.3, 0.4) is 0 Å². The van der Waals surface area contributed by atoms with Crippen molar-refractivity contribution in [1.82, 2.24) is 0 Å². The molecule has 0 aromatic heterocycles. The number of rotatable bonds is 35. The number of carbonyl (C=O) groups is 3. The topological polar surface area (TPSA) is 172 Å². The molecule has 0 aromatic rings. The van der Waals surface area contributed by atoms with Gasteiger partial charge < -0.3 is 25.2 Å². The number of phosphoric acid groups is 1. The van der Waals surface area contributed by atoms with Gasteiger partial charge in [-0.25, -0.2) is 4.57 Å². The molecule has 0 aliphatic rings. The average Bonchev–Trinajstić information content (AvgIpc) is 3.12. The first kappa shape index (κ1) is 49.2. The second kappa shape index (κ2) is 35.2. The second-order valence-corrected chi connectivity index (χ2v) is 14.1. The summed E-state index contributed by atoms with van der Waals surface area (Å²) in [5, 5.41) is 8.86. The van der Waals surface area contributed by atoms with Gasteiger partial charge in [0, 0.05) is 12.8 Å². The Labute approximate surface area is 313 Å². The van der Waals surface area contributed by atoms with Crippen LogP contribution in [0.4, 0.5) is 0 Å². The fraction of sp³-hybridized carbons (Fsp3) is 0.675. The van der Waals surface area contributed by atoms with Crippen molar-refractivity contribution in [1.29, 1.82) is 0 Å². The number of allylic oxidation sites excluding steroid dienone is 10. The number of aliphatic carboxylic acids is 1. The predicted octanol–water partition coefficient (Wildman–Crippen LogP) is 9.61. The van der Waals surface area contributed by atoms with E-state index in [0.717, 1.165) is 51.4 Å². The van der Waals surface area contributed by atoms with Crippen LogP contribution in [0.15, 0.2) is 60.8 Å². The van der Waals surface area contributed by atoms with Crippen LogP contribution in [-0.4, -0.2) is 59.9 Å². The highest BCUT2D eigenvalue weighted by molar-refractivity contribution is 7.47. The maximum Gasteiger partial charge on any atom is 0.472 e. The van der Waals surface area contributed by atoms with E-state index < -0.39 is 51.1 Å². The molecule has 0 radical (unpaired) electrons. The molecule has 11 nitrogen and oxygen atoms in total. The van der Waals surface area contributed by atoms with Crippen LogP contribution in [0, 0.1) is 0 Å². The van der Waals surface area contributed by atoms with Gasteiger partial charge in [0.1, 0.15) is 12.6 Å². The maximum atomic E-state index is 12.5. The molecule has 0 saturated heterocycles.